The van der Waals surface area contributed by atoms with Crippen LogP contribution in [0.4, 0.5) is 5.69 Å². The maximum atomic E-state index is 11.8. The summed E-state index contributed by atoms with van der Waals surface area (Å²) in [6.45, 7) is 0. The van der Waals surface area contributed by atoms with Gasteiger partial charge in [-0.3, -0.25) is 9.89 Å². The van der Waals surface area contributed by atoms with E-state index in [4.69, 9.17) is 0 Å². The highest BCUT2D eigenvalue weighted by molar-refractivity contribution is 7.99. The first-order chi connectivity index (χ1) is 9.33. The number of hydrogen-bond donors (Lipinski definition) is 2. The molecule has 1 amide bonds. The Morgan fingerprint density at radius 3 is 3.21 bits per heavy atom. The fourth-order valence-electron chi connectivity index (χ4n) is 1.49. The molecule has 96 valence electrons. The fraction of sp³-hybridized carbons (Fsp3) is 0.100. The van der Waals surface area contributed by atoms with E-state index in [1.54, 1.807) is 6.07 Å². The van der Waals surface area contributed by atoms with E-state index < -0.39 is 0 Å². The Morgan fingerprint density at radius 2 is 2.37 bits per heavy atom. The van der Waals surface area contributed by atoms with Crippen molar-refractivity contribution in [3.8, 4) is 0 Å². The number of rotatable bonds is 4. The van der Waals surface area contributed by atoms with Crippen molar-refractivity contribution in [2.45, 2.75) is 5.16 Å². The molecule has 1 aromatic carbocycles. The van der Waals surface area contributed by atoms with Gasteiger partial charge >= 0.3 is 0 Å². The molecule has 2 heterocycles. The van der Waals surface area contributed by atoms with Crippen molar-refractivity contribution in [1.82, 2.24) is 23.9 Å². The third-order valence-corrected chi connectivity index (χ3v) is 3.71. The van der Waals surface area contributed by atoms with Gasteiger partial charge in [0, 0.05) is 0 Å². The fourth-order valence-corrected chi connectivity index (χ4v) is 2.62. The molecule has 3 rings (SSSR count). The molecular weight excluding hydrogens is 284 g/mol. The number of carbonyl (C=O) groups is 1. The largest absolute Gasteiger partial charge is 0.323 e. The third-order valence-electron chi connectivity index (χ3n) is 2.29. The van der Waals surface area contributed by atoms with Crippen LogP contribution in [0.3, 0.4) is 0 Å². The van der Waals surface area contributed by atoms with E-state index in [9.17, 15) is 4.79 Å². The highest BCUT2D eigenvalue weighted by atomic mass is 32.2. The second-order valence-electron chi connectivity index (χ2n) is 3.57. The summed E-state index contributed by atoms with van der Waals surface area (Å²) in [5.41, 5.74) is 2.17. The number of amides is 1. The van der Waals surface area contributed by atoms with Gasteiger partial charge in [0.15, 0.2) is 5.16 Å². The average molecular weight is 292 g/mol. The number of carbonyl (C=O) groups excluding carboxylic acids is 1. The number of anilines is 1. The first-order valence-corrected chi connectivity index (χ1v) is 7.04. The van der Waals surface area contributed by atoms with Crippen molar-refractivity contribution in [2.24, 2.45) is 0 Å². The molecule has 0 fully saturated rings. The van der Waals surface area contributed by atoms with Crippen LogP contribution in [-0.4, -0.2) is 35.6 Å². The summed E-state index contributed by atoms with van der Waals surface area (Å²) < 4.78 is 8.29. The van der Waals surface area contributed by atoms with Crippen molar-refractivity contribution >= 4 is 46.1 Å². The van der Waals surface area contributed by atoms with Crippen LogP contribution in [0.25, 0.3) is 11.0 Å². The summed E-state index contributed by atoms with van der Waals surface area (Å²) in [5.74, 6) is 0.130. The monoisotopic (exact) mass is 292 g/mol. The Labute approximate surface area is 116 Å². The van der Waals surface area contributed by atoms with Crippen molar-refractivity contribution < 1.29 is 4.79 Å². The summed E-state index contributed by atoms with van der Waals surface area (Å²) in [5, 5.41) is 9.83. The minimum absolute atomic E-state index is 0.123. The van der Waals surface area contributed by atoms with E-state index in [2.05, 4.69) is 29.2 Å². The second kappa shape index (κ2) is 5.33. The first kappa shape index (κ1) is 12.1. The molecule has 0 unspecified atom stereocenters. The standard InChI is InChI=1S/C10H8N6OS2/c17-8(4-18-10-11-5-12-14-10)13-6-2-1-3-7-9(6)16-19-15-7/h1-3,5H,4H2,(H,13,17)(H,11,12,14). The quantitative estimate of drug-likeness (QED) is 0.708. The summed E-state index contributed by atoms with van der Waals surface area (Å²) in [6, 6.07) is 5.50. The molecule has 0 saturated carbocycles. The number of nitrogens with zero attached hydrogens (tertiary/aromatic N) is 4. The zero-order valence-corrected chi connectivity index (χ0v) is 11.2. The highest BCUT2D eigenvalue weighted by Crippen LogP contribution is 2.21. The Hall–Kier alpha value is -2.00. The van der Waals surface area contributed by atoms with E-state index >= 15 is 0 Å². The van der Waals surface area contributed by atoms with Crippen LogP contribution in [0, 0.1) is 0 Å². The van der Waals surface area contributed by atoms with Crippen LogP contribution in [-0.2, 0) is 4.79 Å². The number of nitrogens with one attached hydrogen (secondary N) is 2. The number of benzene rings is 1. The Kier molecular flexibility index (Phi) is 3.38. The molecule has 0 saturated heterocycles. The molecule has 19 heavy (non-hydrogen) atoms. The molecule has 0 aliphatic rings. The first-order valence-electron chi connectivity index (χ1n) is 5.32. The lowest BCUT2D eigenvalue weighted by atomic mass is 10.2. The van der Waals surface area contributed by atoms with Gasteiger partial charge in [-0.25, -0.2) is 4.98 Å². The summed E-state index contributed by atoms with van der Waals surface area (Å²) in [6.07, 6.45) is 1.40. The van der Waals surface area contributed by atoms with Crippen LogP contribution in [0.15, 0.2) is 29.7 Å². The van der Waals surface area contributed by atoms with Crippen molar-refractivity contribution in [1.29, 1.82) is 0 Å². The van der Waals surface area contributed by atoms with Crippen LogP contribution >= 0.6 is 23.5 Å². The van der Waals surface area contributed by atoms with E-state index in [0.717, 1.165) is 17.2 Å². The van der Waals surface area contributed by atoms with Crippen LogP contribution in [0.2, 0.25) is 0 Å². The number of fused-ring (bicyclic) bond motifs is 1. The Balaban J connectivity index is 1.67. The van der Waals surface area contributed by atoms with Crippen LogP contribution < -0.4 is 5.32 Å². The minimum atomic E-state index is -0.123. The zero-order chi connectivity index (χ0) is 13.1. The topological polar surface area (TPSA) is 96.5 Å². The summed E-state index contributed by atoms with van der Waals surface area (Å²) in [4.78, 5) is 15.8. The van der Waals surface area contributed by atoms with Crippen molar-refractivity contribution in [3.63, 3.8) is 0 Å². The number of hydrogen-bond acceptors (Lipinski definition) is 7. The maximum absolute atomic E-state index is 11.8. The minimum Gasteiger partial charge on any atom is -0.323 e. The van der Waals surface area contributed by atoms with Gasteiger partial charge in [-0.05, 0) is 12.1 Å². The Morgan fingerprint density at radius 1 is 1.42 bits per heavy atom. The number of aromatic nitrogens is 5. The molecule has 7 nitrogen and oxygen atoms in total. The van der Waals surface area contributed by atoms with Gasteiger partial charge in [0.2, 0.25) is 5.91 Å². The molecule has 2 aromatic heterocycles. The number of aromatic amines is 1. The summed E-state index contributed by atoms with van der Waals surface area (Å²) >= 11 is 2.41. The van der Waals surface area contributed by atoms with Crippen LogP contribution in [0.5, 0.6) is 0 Å². The van der Waals surface area contributed by atoms with Gasteiger partial charge in [-0.1, -0.05) is 17.8 Å². The smallest absolute Gasteiger partial charge is 0.234 e. The van der Waals surface area contributed by atoms with Gasteiger partial charge in [0.25, 0.3) is 0 Å². The van der Waals surface area contributed by atoms with E-state index in [0.29, 0.717) is 16.4 Å². The Bertz CT molecular complexity index is 695. The van der Waals surface area contributed by atoms with Crippen LogP contribution in [0.1, 0.15) is 0 Å². The SMILES string of the molecule is O=C(CSc1ncn[nH]1)Nc1cccc2nsnc12. The number of thioether (sulfide) groups is 1. The molecule has 0 aliphatic heterocycles. The van der Waals surface area contributed by atoms with Crippen molar-refractivity contribution in [3.05, 3.63) is 24.5 Å². The molecule has 0 radical (unpaired) electrons. The normalized spacial score (nSPS) is 10.7. The summed E-state index contributed by atoms with van der Waals surface area (Å²) in [7, 11) is 0. The maximum Gasteiger partial charge on any atom is 0.234 e. The predicted octanol–water partition coefficient (Wildman–Crippen LogP) is 1.54. The van der Waals surface area contributed by atoms with Gasteiger partial charge in [0.1, 0.15) is 17.4 Å². The van der Waals surface area contributed by atoms with E-state index in [-0.39, 0.29) is 11.7 Å². The van der Waals surface area contributed by atoms with Gasteiger partial charge < -0.3 is 5.32 Å². The third kappa shape index (κ3) is 2.71. The average Bonchev–Trinajstić information content (AvgIpc) is 3.08. The van der Waals surface area contributed by atoms with Gasteiger partial charge in [-0.15, -0.1) is 0 Å². The lowest BCUT2D eigenvalue weighted by molar-refractivity contribution is -0.113. The van der Waals surface area contributed by atoms with Crippen molar-refractivity contribution in [2.75, 3.05) is 11.1 Å². The molecule has 3 aromatic rings. The predicted molar refractivity (Wildman–Crippen MR) is 73.2 cm³/mol. The molecule has 0 bridgehead atoms. The lowest BCUT2D eigenvalue weighted by Crippen LogP contribution is -2.14. The molecule has 0 spiro atoms. The molecule has 0 atom stereocenters. The lowest BCUT2D eigenvalue weighted by Gasteiger charge is -2.04. The molecule has 0 aliphatic carbocycles. The second-order valence-corrected chi connectivity index (χ2v) is 5.06. The highest BCUT2D eigenvalue weighted by Gasteiger charge is 2.09. The number of H-pyrrole nitrogens is 1. The van der Waals surface area contributed by atoms with Gasteiger partial charge in [0.05, 0.1) is 23.2 Å². The van der Waals surface area contributed by atoms with Gasteiger partial charge in [-0.2, -0.15) is 13.8 Å². The molecular formula is C10H8N6OS2. The molecule has 2 N–H and O–H groups in total. The molecule has 9 heteroatoms. The van der Waals surface area contributed by atoms with E-state index in [1.807, 2.05) is 12.1 Å². The zero-order valence-electron chi connectivity index (χ0n) is 9.53. The van der Waals surface area contributed by atoms with E-state index in [1.165, 1.54) is 18.1 Å².